The summed E-state index contributed by atoms with van der Waals surface area (Å²) in [6.45, 7) is 3.15. The minimum atomic E-state index is -1.39. The Hall–Kier alpha value is -1.74. The number of hydrogen-bond donors (Lipinski definition) is 4. The van der Waals surface area contributed by atoms with Crippen LogP contribution in [0.2, 0.25) is 0 Å². The van der Waals surface area contributed by atoms with Gasteiger partial charge in [-0.2, -0.15) is 0 Å². The number of H-pyrrole nitrogens is 1. The number of rotatable bonds is 4. The van der Waals surface area contributed by atoms with Gasteiger partial charge in [-0.05, 0) is 0 Å². The number of aromatic nitrogens is 2. The molecular formula is C12H17N3O5. The number of nitrogens with one attached hydrogen (secondary N) is 1. The molecule has 1 unspecified atom stereocenters. The second-order valence-electron chi connectivity index (χ2n) is 4.70. The normalized spacial score (nSPS) is 31.1. The number of ether oxygens (including phenoxy) is 1. The van der Waals surface area contributed by atoms with Gasteiger partial charge >= 0.3 is 5.69 Å². The third kappa shape index (κ3) is 2.22. The highest BCUT2D eigenvalue weighted by Crippen LogP contribution is 2.36. The SMILES string of the molecule is C=CC(N)[C@]1(n2ccc(=O)[nH]c2=O)C[C@H](O)[C@@H](CO)O1. The van der Waals surface area contributed by atoms with Crippen LogP contribution in [0, 0.1) is 0 Å². The molecule has 0 amide bonds. The van der Waals surface area contributed by atoms with Crippen LogP contribution >= 0.6 is 0 Å². The molecule has 1 saturated heterocycles. The third-order valence-corrected chi connectivity index (χ3v) is 3.47. The third-order valence-electron chi connectivity index (χ3n) is 3.47. The predicted octanol–water partition coefficient (Wildman–Crippen LogP) is -2.16. The number of hydrogen-bond acceptors (Lipinski definition) is 6. The molecule has 1 aromatic heterocycles. The molecule has 8 heteroatoms. The van der Waals surface area contributed by atoms with Crippen molar-refractivity contribution in [3.05, 3.63) is 45.8 Å². The molecule has 0 spiro atoms. The Kier molecular flexibility index (Phi) is 3.91. The summed E-state index contributed by atoms with van der Waals surface area (Å²) in [4.78, 5) is 25.2. The Morgan fingerprint density at radius 2 is 2.40 bits per heavy atom. The minimum absolute atomic E-state index is 0.00262. The summed E-state index contributed by atoms with van der Waals surface area (Å²) in [7, 11) is 0. The van der Waals surface area contributed by atoms with E-state index in [1.807, 2.05) is 0 Å². The van der Waals surface area contributed by atoms with E-state index in [1.165, 1.54) is 12.3 Å². The maximum Gasteiger partial charge on any atom is 0.330 e. The number of aromatic amines is 1. The van der Waals surface area contributed by atoms with E-state index in [4.69, 9.17) is 10.5 Å². The van der Waals surface area contributed by atoms with Crippen molar-refractivity contribution >= 4 is 0 Å². The number of aliphatic hydroxyl groups excluding tert-OH is 2. The summed E-state index contributed by atoms with van der Waals surface area (Å²) >= 11 is 0. The van der Waals surface area contributed by atoms with Crippen molar-refractivity contribution in [3.8, 4) is 0 Å². The van der Waals surface area contributed by atoms with Crippen LogP contribution in [0.1, 0.15) is 6.42 Å². The molecule has 0 bridgehead atoms. The molecule has 1 aromatic rings. The molecule has 4 atom stereocenters. The van der Waals surface area contributed by atoms with Crippen molar-refractivity contribution in [2.24, 2.45) is 5.73 Å². The molecule has 0 saturated carbocycles. The first-order chi connectivity index (χ1) is 9.44. The van der Waals surface area contributed by atoms with Gasteiger partial charge in [0.2, 0.25) is 0 Å². The second-order valence-corrected chi connectivity index (χ2v) is 4.70. The van der Waals surface area contributed by atoms with E-state index in [9.17, 15) is 19.8 Å². The molecular weight excluding hydrogens is 266 g/mol. The molecule has 1 fully saturated rings. The summed E-state index contributed by atoms with van der Waals surface area (Å²) in [5.74, 6) is 0. The van der Waals surface area contributed by atoms with E-state index in [2.05, 4.69) is 11.6 Å². The summed E-state index contributed by atoms with van der Waals surface area (Å²) in [6.07, 6.45) is 0.780. The van der Waals surface area contributed by atoms with Gasteiger partial charge < -0.3 is 20.7 Å². The summed E-state index contributed by atoms with van der Waals surface area (Å²) < 4.78 is 6.73. The van der Waals surface area contributed by atoms with Crippen LogP contribution in [0.3, 0.4) is 0 Å². The number of aliphatic hydroxyl groups is 2. The Morgan fingerprint density at radius 1 is 1.70 bits per heavy atom. The van der Waals surface area contributed by atoms with Crippen LogP contribution in [0.25, 0.3) is 0 Å². The van der Waals surface area contributed by atoms with Crippen molar-refractivity contribution in [2.75, 3.05) is 6.61 Å². The van der Waals surface area contributed by atoms with E-state index in [0.29, 0.717) is 0 Å². The maximum atomic E-state index is 11.9. The molecule has 0 radical (unpaired) electrons. The zero-order chi connectivity index (χ0) is 14.9. The second kappa shape index (κ2) is 5.33. The van der Waals surface area contributed by atoms with Gasteiger partial charge in [0, 0.05) is 18.7 Å². The van der Waals surface area contributed by atoms with Crippen LogP contribution in [0.4, 0.5) is 0 Å². The standard InChI is InChI=1S/C12H17N3O5/c1-2-9(13)12(5-7(17)8(6-16)20-12)15-4-3-10(18)14-11(15)19/h2-4,7-9,16-17H,1,5-6,13H2,(H,14,18,19)/t7-,8+,9?,12-/m0/s1. The molecule has 0 aromatic carbocycles. The molecule has 20 heavy (non-hydrogen) atoms. The summed E-state index contributed by atoms with van der Waals surface area (Å²) in [5, 5.41) is 19.1. The minimum Gasteiger partial charge on any atom is -0.394 e. The van der Waals surface area contributed by atoms with Gasteiger partial charge in [-0.1, -0.05) is 6.08 Å². The summed E-state index contributed by atoms with van der Waals surface area (Å²) in [6, 6.07) is 0.346. The fourth-order valence-corrected chi connectivity index (χ4v) is 2.41. The van der Waals surface area contributed by atoms with Crippen molar-refractivity contribution in [3.63, 3.8) is 0 Å². The van der Waals surface area contributed by atoms with E-state index in [0.717, 1.165) is 10.6 Å². The molecule has 5 N–H and O–H groups in total. The van der Waals surface area contributed by atoms with Crippen molar-refractivity contribution in [1.29, 1.82) is 0 Å². The molecule has 1 aliphatic heterocycles. The van der Waals surface area contributed by atoms with E-state index >= 15 is 0 Å². The Bertz CT molecular complexity index is 610. The molecule has 110 valence electrons. The highest BCUT2D eigenvalue weighted by atomic mass is 16.6. The van der Waals surface area contributed by atoms with Gasteiger partial charge in [-0.15, -0.1) is 6.58 Å². The first kappa shape index (κ1) is 14.7. The van der Waals surface area contributed by atoms with E-state index < -0.39 is 41.8 Å². The molecule has 1 aliphatic rings. The lowest BCUT2D eigenvalue weighted by Crippen LogP contribution is -2.54. The van der Waals surface area contributed by atoms with E-state index in [1.54, 1.807) is 0 Å². The Morgan fingerprint density at radius 3 is 2.90 bits per heavy atom. The van der Waals surface area contributed by atoms with Gasteiger partial charge in [0.25, 0.3) is 5.56 Å². The van der Waals surface area contributed by atoms with Crippen molar-refractivity contribution in [2.45, 2.75) is 30.4 Å². The average molecular weight is 283 g/mol. The predicted molar refractivity (Wildman–Crippen MR) is 70.1 cm³/mol. The van der Waals surface area contributed by atoms with Gasteiger partial charge in [0.15, 0.2) is 5.72 Å². The van der Waals surface area contributed by atoms with Crippen LogP contribution < -0.4 is 17.0 Å². The van der Waals surface area contributed by atoms with Gasteiger partial charge in [0.05, 0.1) is 18.8 Å². The fourth-order valence-electron chi connectivity index (χ4n) is 2.41. The topological polar surface area (TPSA) is 131 Å². The highest BCUT2D eigenvalue weighted by molar-refractivity contribution is 5.05. The molecule has 0 aliphatic carbocycles. The largest absolute Gasteiger partial charge is 0.394 e. The zero-order valence-corrected chi connectivity index (χ0v) is 10.7. The molecule has 2 heterocycles. The molecule has 8 nitrogen and oxygen atoms in total. The van der Waals surface area contributed by atoms with Gasteiger partial charge in [-0.3, -0.25) is 14.3 Å². The lowest BCUT2D eigenvalue weighted by Gasteiger charge is -2.34. The van der Waals surface area contributed by atoms with Crippen LogP contribution in [0.5, 0.6) is 0 Å². The maximum absolute atomic E-state index is 11.9. The number of nitrogens with two attached hydrogens (primary N) is 1. The van der Waals surface area contributed by atoms with Gasteiger partial charge in [0.1, 0.15) is 6.10 Å². The Balaban J connectivity index is 2.57. The first-order valence-corrected chi connectivity index (χ1v) is 6.12. The van der Waals surface area contributed by atoms with Crippen LogP contribution in [0.15, 0.2) is 34.5 Å². The quantitative estimate of drug-likeness (QED) is 0.466. The highest BCUT2D eigenvalue weighted by Gasteiger charge is 2.50. The zero-order valence-electron chi connectivity index (χ0n) is 10.7. The lowest BCUT2D eigenvalue weighted by molar-refractivity contribution is -0.125. The first-order valence-electron chi connectivity index (χ1n) is 6.12. The monoisotopic (exact) mass is 283 g/mol. The van der Waals surface area contributed by atoms with Crippen molar-refractivity contribution in [1.82, 2.24) is 9.55 Å². The van der Waals surface area contributed by atoms with E-state index in [-0.39, 0.29) is 6.42 Å². The van der Waals surface area contributed by atoms with Gasteiger partial charge in [-0.25, -0.2) is 4.79 Å². The lowest BCUT2D eigenvalue weighted by atomic mass is 9.98. The van der Waals surface area contributed by atoms with Crippen LogP contribution in [-0.4, -0.2) is 44.6 Å². The fraction of sp³-hybridized carbons (Fsp3) is 0.500. The van der Waals surface area contributed by atoms with Crippen LogP contribution in [-0.2, 0) is 10.5 Å². The smallest absolute Gasteiger partial charge is 0.330 e. The average Bonchev–Trinajstić information content (AvgIpc) is 2.75. The summed E-state index contributed by atoms with van der Waals surface area (Å²) in [5.41, 5.74) is 3.29. The molecule has 2 rings (SSSR count). The Labute approximate surface area is 114 Å². The van der Waals surface area contributed by atoms with Crippen molar-refractivity contribution < 1.29 is 14.9 Å². The number of nitrogens with zero attached hydrogens (tertiary/aromatic N) is 1.